The first-order chi connectivity index (χ1) is 12.3. The fourth-order valence-corrected chi connectivity index (χ4v) is 2.36. The molecule has 0 unspecified atom stereocenters. The molecule has 0 amide bonds. The summed E-state index contributed by atoms with van der Waals surface area (Å²) in [5, 5.41) is 6.29. The zero-order valence-corrected chi connectivity index (χ0v) is 14.8. The lowest BCUT2D eigenvalue weighted by molar-refractivity contribution is -0.104. The van der Waals surface area contributed by atoms with E-state index >= 15 is 0 Å². The molecule has 0 saturated carbocycles. The number of anilines is 2. The highest BCUT2D eigenvalue weighted by Gasteiger charge is 2.02. The van der Waals surface area contributed by atoms with Gasteiger partial charge in [0.15, 0.2) is 6.29 Å². The fourth-order valence-electron chi connectivity index (χ4n) is 2.14. The van der Waals surface area contributed by atoms with Gasteiger partial charge in [-0.3, -0.25) is 14.8 Å². The molecule has 0 atom stereocenters. The van der Waals surface area contributed by atoms with Crippen molar-refractivity contribution >= 4 is 57.4 Å². The van der Waals surface area contributed by atoms with Gasteiger partial charge in [0, 0.05) is 30.4 Å². The molecule has 0 bridgehead atoms. The first-order valence-corrected chi connectivity index (χ1v) is 8.36. The summed E-state index contributed by atoms with van der Waals surface area (Å²) >= 11 is 3.47. The van der Waals surface area contributed by atoms with Gasteiger partial charge in [0.2, 0.25) is 0 Å². The maximum atomic E-state index is 11.3. The van der Waals surface area contributed by atoms with Crippen LogP contribution in [0, 0.1) is 0 Å². The number of hydrogen-bond acceptors (Lipinski definition) is 5. The molecule has 25 heavy (non-hydrogen) atoms. The minimum atomic E-state index is 0.419. The number of carbonyl (C=O) groups is 1. The Morgan fingerprint density at radius 1 is 0.800 bits per heavy atom. The highest BCUT2D eigenvalue weighted by atomic mass is 79.9. The van der Waals surface area contributed by atoms with E-state index in [2.05, 4.69) is 36.5 Å². The number of nitrogens with one attached hydrogen (secondary N) is 2. The highest BCUT2D eigenvalue weighted by molar-refractivity contribution is 9.12. The van der Waals surface area contributed by atoms with Crippen molar-refractivity contribution in [3.8, 4) is 0 Å². The van der Waals surface area contributed by atoms with Crippen LogP contribution in [-0.4, -0.2) is 18.7 Å². The maximum Gasteiger partial charge on any atom is 0.153 e. The molecule has 1 heterocycles. The number of benzene rings is 2. The third-order valence-electron chi connectivity index (χ3n) is 3.38. The van der Waals surface area contributed by atoms with E-state index in [0.29, 0.717) is 5.57 Å². The highest BCUT2D eigenvalue weighted by Crippen LogP contribution is 2.27. The summed E-state index contributed by atoms with van der Waals surface area (Å²) in [6.07, 6.45) is 7.38. The van der Waals surface area contributed by atoms with Crippen LogP contribution in [-0.2, 0) is 4.79 Å². The van der Waals surface area contributed by atoms with Gasteiger partial charge in [-0.1, -0.05) is 24.3 Å². The number of carbonyl (C=O) groups excluding carboxylic acids is 1. The van der Waals surface area contributed by atoms with E-state index < -0.39 is 0 Å². The van der Waals surface area contributed by atoms with Crippen molar-refractivity contribution in [2.24, 2.45) is 9.98 Å². The summed E-state index contributed by atoms with van der Waals surface area (Å²) in [5.74, 6) is 0. The van der Waals surface area contributed by atoms with Crippen molar-refractivity contribution in [2.45, 2.75) is 0 Å². The Bertz CT molecular complexity index is 900. The van der Waals surface area contributed by atoms with E-state index in [4.69, 9.17) is 0 Å². The van der Waals surface area contributed by atoms with Gasteiger partial charge in [-0.2, -0.15) is 0 Å². The van der Waals surface area contributed by atoms with Crippen LogP contribution < -0.4 is 10.6 Å². The first-order valence-electron chi connectivity index (χ1n) is 7.56. The molecule has 0 fully saturated rings. The molecule has 2 N–H and O–H groups in total. The number of para-hydroxylation sites is 4. The number of aldehydes is 1. The second-order valence-electron chi connectivity index (χ2n) is 5.13. The van der Waals surface area contributed by atoms with E-state index in [9.17, 15) is 4.79 Å². The molecule has 1 aliphatic rings. The van der Waals surface area contributed by atoms with Crippen LogP contribution in [0.4, 0.5) is 22.7 Å². The van der Waals surface area contributed by atoms with E-state index in [-0.39, 0.29) is 0 Å². The molecule has 0 spiro atoms. The summed E-state index contributed by atoms with van der Waals surface area (Å²) < 4.78 is 0.780. The smallest absolute Gasteiger partial charge is 0.153 e. The third kappa shape index (κ3) is 4.51. The lowest BCUT2D eigenvalue weighted by Crippen LogP contribution is -1.96. The normalized spacial score (nSPS) is 14.0. The molecule has 0 saturated heterocycles. The Balaban J connectivity index is 2.06. The minimum Gasteiger partial charge on any atom is -0.359 e. The largest absolute Gasteiger partial charge is 0.359 e. The lowest BCUT2D eigenvalue weighted by atomic mass is 10.2. The first kappa shape index (κ1) is 16.9. The van der Waals surface area contributed by atoms with Gasteiger partial charge in [0.05, 0.1) is 27.2 Å². The standard InChI is InChI=1S/C19H15BrN4O/c20-15-11-23-18-7-3-1-5-16(18)21-9-14(13-25)10-22-17-6-2-4-8-19(17)24-12-15/h1-13,21,24H. The Hall–Kier alpha value is -2.99. The van der Waals surface area contributed by atoms with Crippen molar-refractivity contribution in [3.05, 3.63) is 71.0 Å². The molecule has 124 valence electrons. The molecule has 6 heteroatoms. The number of rotatable bonds is 1. The second kappa shape index (κ2) is 8.21. The quantitative estimate of drug-likeness (QED) is 0.672. The number of halogens is 1. The van der Waals surface area contributed by atoms with Crippen molar-refractivity contribution in [1.29, 1.82) is 0 Å². The molecule has 2 aromatic rings. The molecule has 0 radical (unpaired) electrons. The van der Waals surface area contributed by atoms with Crippen molar-refractivity contribution in [3.63, 3.8) is 0 Å². The number of hydrogen-bond donors (Lipinski definition) is 2. The Labute approximate surface area is 154 Å². The zero-order chi connectivity index (χ0) is 17.5. The number of allylic oxidation sites excluding steroid dienone is 2. The summed E-state index contributed by atoms with van der Waals surface area (Å²) in [7, 11) is 0. The summed E-state index contributed by atoms with van der Waals surface area (Å²) in [5.41, 5.74) is 3.50. The average molecular weight is 395 g/mol. The van der Waals surface area contributed by atoms with Crippen molar-refractivity contribution < 1.29 is 4.79 Å². The van der Waals surface area contributed by atoms with Gasteiger partial charge in [-0.05, 0) is 40.2 Å². The topological polar surface area (TPSA) is 65.8 Å². The average Bonchev–Trinajstić information content (AvgIpc) is 2.65. The van der Waals surface area contributed by atoms with E-state index in [0.717, 1.165) is 33.5 Å². The SMILES string of the molecule is O=CC1=CNc2ccccc2N=CC(Br)=CNc2ccccc2N=C1. The number of aliphatic imine (C=N–C) groups is 2. The summed E-state index contributed by atoms with van der Waals surface area (Å²) in [6, 6.07) is 15.1. The molecule has 1 aliphatic heterocycles. The Morgan fingerprint density at radius 2 is 1.36 bits per heavy atom. The minimum absolute atomic E-state index is 0.419. The molecule has 0 aliphatic carbocycles. The van der Waals surface area contributed by atoms with Crippen LogP contribution in [0.15, 0.2) is 81.0 Å². The maximum absolute atomic E-state index is 11.3. The fraction of sp³-hybridized carbons (Fsp3) is 0. The third-order valence-corrected chi connectivity index (χ3v) is 3.82. The number of fused-ring (bicyclic) bond motifs is 2. The molecule has 0 aromatic heterocycles. The predicted octanol–water partition coefficient (Wildman–Crippen LogP) is 4.95. The van der Waals surface area contributed by atoms with Crippen LogP contribution in [0.25, 0.3) is 0 Å². The molecule has 3 rings (SSSR count). The lowest BCUT2D eigenvalue weighted by Gasteiger charge is -2.07. The van der Waals surface area contributed by atoms with Gasteiger partial charge < -0.3 is 10.6 Å². The van der Waals surface area contributed by atoms with Crippen molar-refractivity contribution in [1.82, 2.24) is 0 Å². The zero-order valence-electron chi connectivity index (χ0n) is 13.2. The van der Waals surface area contributed by atoms with Crippen LogP contribution in [0.1, 0.15) is 0 Å². The second-order valence-corrected chi connectivity index (χ2v) is 6.05. The molecular formula is C19H15BrN4O. The van der Waals surface area contributed by atoms with Gasteiger partial charge in [0.1, 0.15) is 0 Å². The molecular weight excluding hydrogens is 380 g/mol. The predicted molar refractivity (Wildman–Crippen MR) is 108 cm³/mol. The Morgan fingerprint density at radius 3 is 2.00 bits per heavy atom. The van der Waals surface area contributed by atoms with Crippen LogP contribution in [0.3, 0.4) is 0 Å². The Kier molecular flexibility index (Phi) is 5.53. The van der Waals surface area contributed by atoms with E-state index in [1.165, 1.54) is 6.21 Å². The molecule has 2 aromatic carbocycles. The van der Waals surface area contributed by atoms with Crippen LogP contribution >= 0.6 is 15.9 Å². The van der Waals surface area contributed by atoms with Crippen LogP contribution in [0.5, 0.6) is 0 Å². The molecule has 5 nitrogen and oxygen atoms in total. The summed E-state index contributed by atoms with van der Waals surface area (Å²) in [6.45, 7) is 0. The van der Waals surface area contributed by atoms with Gasteiger partial charge in [-0.15, -0.1) is 0 Å². The van der Waals surface area contributed by atoms with Gasteiger partial charge >= 0.3 is 0 Å². The monoisotopic (exact) mass is 394 g/mol. The van der Waals surface area contributed by atoms with E-state index in [1.54, 1.807) is 18.6 Å². The number of nitrogens with zero attached hydrogens (tertiary/aromatic N) is 2. The van der Waals surface area contributed by atoms with Gasteiger partial charge in [-0.25, -0.2) is 0 Å². The van der Waals surface area contributed by atoms with Crippen LogP contribution in [0.2, 0.25) is 0 Å². The summed E-state index contributed by atoms with van der Waals surface area (Å²) in [4.78, 5) is 20.2. The van der Waals surface area contributed by atoms with E-state index in [1.807, 2.05) is 48.5 Å². The van der Waals surface area contributed by atoms with Crippen molar-refractivity contribution in [2.75, 3.05) is 10.6 Å². The van der Waals surface area contributed by atoms with Gasteiger partial charge in [0.25, 0.3) is 0 Å².